The van der Waals surface area contributed by atoms with Crippen LogP contribution >= 0.6 is 11.8 Å². The summed E-state index contributed by atoms with van der Waals surface area (Å²) in [4.78, 5) is 50.8. The smallest absolute Gasteiger partial charge is 0.353 e. The van der Waals surface area contributed by atoms with Crippen LogP contribution in [0.3, 0.4) is 0 Å². The lowest BCUT2D eigenvalue weighted by atomic mass is 10.1. The van der Waals surface area contributed by atoms with E-state index in [9.17, 15) is 32.3 Å². The average molecular weight is 544 g/mol. The first kappa shape index (κ1) is 30.8. The van der Waals surface area contributed by atoms with Gasteiger partial charge in [-0.25, -0.2) is 0 Å². The fraction of sp³-hybridized carbons (Fsp3) is 0.615. The van der Waals surface area contributed by atoms with E-state index in [0.717, 1.165) is 37.7 Å². The molecule has 2 N–H and O–H groups in total. The lowest BCUT2D eigenvalue weighted by Gasteiger charge is -2.26. The number of alkyl halides is 3. The van der Waals surface area contributed by atoms with Crippen LogP contribution in [0.25, 0.3) is 0 Å². The molecule has 206 valence electrons. The summed E-state index contributed by atoms with van der Waals surface area (Å²) in [7, 11) is 0. The third-order valence-corrected chi connectivity index (χ3v) is 7.11. The Bertz CT molecular complexity index is 878. The van der Waals surface area contributed by atoms with Crippen molar-refractivity contribution in [3.8, 4) is 0 Å². The number of likely N-dealkylation sites (tertiary alicyclic amines) is 1. The van der Waals surface area contributed by atoms with Crippen molar-refractivity contribution in [2.75, 3.05) is 37.7 Å². The Hall–Kier alpha value is -2.40. The maximum Gasteiger partial charge on any atom is 0.450 e. The number of thioether (sulfide) groups is 1. The summed E-state index contributed by atoms with van der Waals surface area (Å²) in [5, 5.41) is 5.56. The summed E-state index contributed by atoms with van der Waals surface area (Å²) >= 11 is 0.854. The third-order valence-electron chi connectivity index (χ3n) is 6.06. The summed E-state index contributed by atoms with van der Waals surface area (Å²) in [6, 6.07) is 7.95. The molecule has 0 aromatic heterocycles. The fourth-order valence-electron chi connectivity index (χ4n) is 3.99. The first-order chi connectivity index (χ1) is 17.7. The van der Waals surface area contributed by atoms with Crippen LogP contribution in [0.5, 0.6) is 0 Å². The standard InChI is InChI=1S/C26H36F3N3O4S/c27-26(28,29)23(34)19-37-18-8-11-21(25(36)30-14-17-32-15-5-2-6-16-32)31-24(35)13-7-12-22(33)20-9-3-1-4-10-20/h1,3-4,9-10,21H,2,5-8,11-19H2,(H,30,36)(H,31,35)/t21-/m0/s1. The average Bonchev–Trinajstić information content (AvgIpc) is 2.88. The number of carbonyl (C=O) groups excluding carboxylic acids is 4. The molecule has 1 aromatic rings. The maximum absolute atomic E-state index is 12.8. The van der Waals surface area contributed by atoms with Crippen LogP contribution in [0.1, 0.15) is 61.7 Å². The van der Waals surface area contributed by atoms with Gasteiger partial charge < -0.3 is 15.5 Å². The van der Waals surface area contributed by atoms with Crippen molar-refractivity contribution in [3.63, 3.8) is 0 Å². The highest BCUT2D eigenvalue weighted by Gasteiger charge is 2.37. The van der Waals surface area contributed by atoms with E-state index in [0.29, 0.717) is 31.5 Å². The van der Waals surface area contributed by atoms with Gasteiger partial charge >= 0.3 is 6.18 Å². The van der Waals surface area contributed by atoms with E-state index < -0.39 is 23.8 Å². The zero-order chi connectivity index (χ0) is 27.1. The lowest BCUT2D eigenvalue weighted by molar-refractivity contribution is -0.167. The highest BCUT2D eigenvalue weighted by molar-refractivity contribution is 7.99. The highest BCUT2D eigenvalue weighted by atomic mass is 32.2. The van der Waals surface area contributed by atoms with Gasteiger partial charge in [0.1, 0.15) is 6.04 Å². The Labute approximate surface area is 220 Å². The van der Waals surface area contributed by atoms with Crippen molar-refractivity contribution in [2.24, 2.45) is 0 Å². The molecule has 2 amide bonds. The van der Waals surface area contributed by atoms with E-state index in [1.165, 1.54) is 6.42 Å². The van der Waals surface area contributed by atoms with E-state index in [2.05, 4.69) is 15.5 Å². The van der Waals surface area contributed by atoms with Crippen LogP contribution in [0, 0.1) is 0 Å². The van der Waals surface area contributed by atoms with Gasteiger partial charge in [0.15, 0.2) is 5.78 Å². The van der Waals surface area contributed by atoms with Gasteiger partial charge in [0.25, 0.3) is 0 Å². The Kier molecular flexibility index (Phi) is 13.7. The molecule has 1 aromatic carbocycles. The number of ketones is 2. The van der Waals surface area contributed by atoms with Crippen LogP contribution in [0.2, 0.25) is 0 Å². The number of halogens is 3. The van der Waals surface area contributed by atoms with Crippen molar-refractivity contribution < 1.29 is 32.3 Å². The molecule has 1 heterocycles. The van der Waals surface area contributed by atoms with Gasteiger partial charge in [0.05, 0.1) is 5.75 Å². The molecule has 1 aliphatic heterocycles. The van der Waals surface area contributed by atoms with Gasteiger partial charge in [0, 0.05) is 31.5 Å². The maximum atomic E-state index is 12.8. The first-order valence-electron chi connectivity index (χ1n) is 12.7. The predicted molar refractivity (Wildman–Crippen MR) is 137 cm³/mol. The van der Waals surface area contributed by atoms with Crippen molar-refractivity contribution in [3.05, 3.63) is 35.9 Å². The Morgan fingerprint density at radius 1 is 0.973 bits per heavy atom. The Morgan fingerprint density at radius 3 is 2.35 bits per heavy atom. The molecule has 0 unspecified atom stereocenters. The summed E-state index contributed by atoms with van der Waals surface area (Å²) < 4.78 is 37.0. The number of hydrogen-bond acceptors (Lipinski definition) is 6. The second kappa shape index (κ2) is 16.4. The van der Waals surface area contributed by atoms with E-state index in [1.807, 2.05) is 6.07 Å². The molecule has 1 saturated heterocycles. The predicted octanol–water partition coefficient (Wildman–Crippen LogP) is 3.77. The van der Waals surface area contributed by atoms with Crippen LogP contribution in [-0.4, -0.2) is 78.2 Å². The van der Waals surface area contributed by atoms with E-state index >= 15 is 0 Å². The number of rotatable bonds is 16. The minimum Gasteiger partial charge on any atom is -0.353 e. The molecule has 1 atom stereocenters. The number of amides is 2. The minimum atomic E-state index is -4.85. The third kappa shape index (κ3) is 12.6. The molecule has 37 heavy (non-hydrogen) atoms. The lowest BCUT2D eigenvalue weighted by Crippen LogP contribution is -2.48. The Balaban J connectivity index is 1.79. The zero-order valence-electron chi connectivity index (χ0n) is 21.0. The summed E-state index contributed by atoms with van der Waals surface area (Å²) in [6.45, 7) is 3.13. The number of hydrogen-bond donors (Lipinski definition) is 2. The fourth-order valence-corrected chi connectivity index (χ4v) is 4.86. The summed E-state index contributed by atoms with van der Waals surface area (Å²) in [6.07, 6.45) is -0.177. The largest absolute Gasteiger partial charge is 0.450 e. The molecule has 0 saturated carbocycles. The van der Waals surface area contributed by atoms with Gasteiger partial charge in [-0.3, -0.25) is 19.2 Å². The number of nitrogens with zero attached hydrogens (tertiary/aromatic N) is 1. The van der Waals surface area contributed by atoms with Crippen LogP contribution in [0.15, 0.2) is 30.3 Å². The molecular weight excluding hydrogens is 507 g/mol. The van der Waals surface area contributed by atoms with Crippen molar-refractivity contribution in [1.82, 2.24) is 15.5 Å². The van der Waals surface area contributed by atoms with Crippen molar-refractivity contribution in [1.29, 1.82) is 0 Å². The monoisotopic (exact) mass is 543 g/mol. The second-order valence-electron chi connectivity index (χ2n) is 9.07. The molecule has 7 nitrogen and oxygen atoms in total. The molecule has 1 aliphatic rings. The summed E-state index contributed by atoms with van der Waals surface area (Å²) in [5.41, 5.74) is 0.579. The number of Topliss-reactive ketones (excluding diaryl/α,β-unsaturated/α-hetero) is 2. The molecular formula is C26H36F3N3O4S. The molecule has 0 spiro atoms. The number of benzene rings is 1. The molecule has 2 rings (SSSR count). The molecule has 1 fully saturated rings. The normalized spacial score (nSPS) is 15.1. The molecule has 0 radical (unpaired) electrons. The van der Waals surface area contributed by atoms with Crippen LogP contribution < -0.4 is 10.6 Å². The van der Waals surface area contributed by atoms with Crippen molar-refractivity contribution in [2.45, 2.75) is 63.6 Å². The van der Waals surface area contributed by atoms with Crippen molar-refractivity contribution >= 4 is 35.1 Å². The SMILES string of the molecule is O=C(CCCC(=O)c1ccccc1)N[C@@H](CCCSCC(=O)C(F)(F)F)C(=O)NCCN1CCCCC1. The van der Waals surface area contributed by atoms with Crippen LogP contribution in [-0.2, 0) is 14.4 Å². The van der Waals surface area contributed by atoms with Gasteiger partial charge in [-0.1, -0.05) is 36.8 Å². The number of piperidine rings is 1. The van der Waals surface area contributed by atoms with Gasteiger partial charge in [0.2, 0.25) is 17.6 Å². The van der Waals surface area contributed by atoms with E-state index in [1.54, 1.807) is 24.3 Å². The highest BCUT2D eigenvalue weighted by Crippen LogP contribution is 2.19. The van der Waals surface area contributed by atoms with E-state index in [-0.39, 0.29) is 42.6 Å². The second-order valence-corrected chi connectivity index (χ2v) is 10.2. The number of carbonyl (C=O) groups is 4. The topological polar surface area (TPSA) is 95.6 Å². The van der Waals surface area contributed by atoms with Gasteiger partial charge in [-0.2, -0.15) is 24.9 Å². The number of nitrogens with one attached hydrogen (secondary N) is 2. The van der Waals surface area contributed by atoms with Gasteiger partial charge in [-0.15, -0.1) is 0 Å². The summed E-state index contributed by atoms with van der Waals surface area (Å²) in [5.74, 6) is -2.98. The quantitative estimate of drug-likeness (QED) is 0.244. The Morgan fingerprint density at radius 2 is 1.68 bits per heavy atom. The van der Waals surface area contributed by atoms with Gasteiger partial charge in [-0.05, 0) is 50.9 Å². The molecule has 0 bridgehead atoms. The zero-order valence-corrected chi connectivity index (χ0v) is 21.8. The minimum absolute atomic E-state index is 0.0640. The first-order valence-corrected chi connectivity index (χ1v) is 13.9. The molecule has 0 aliphatic carbocycles. The van der Waals surface area contributed by atoms with Crippen LogP contribution in [0.4, 0.5) is 13.2 Å². The molecule has 11 heteroatoms. The van der Waals surface area contributed by atoms with E-state index in [4.69, 9.17) is 0 Å².